The van der Waals surface area contributed by atoms with E-state index in [0.717, 1.165) is 0 Å². The summed E-state index contributed by atoms with van der Waals surface area (Å²) in [6, 6.07) is 9.78. The minimum Gasteiger partial charge on any atom is -0.394 e. The smallest absolute Gasteiger partial charge is 0.251 e. The van der Waals surface area contributed by atoms with Gasteiger partial charge in [0.2, 0.25) is 5.95 Å². The van der Waals surface area contributed by atoms with Crippen LogP contribution in [0.15, 0.2) is 72.0 Å². The predicted molar refractivity (Wildman–Crippen MR) is 122 cm³/mol. The maximum Gasteiger partial charge on any atom is 0.251 e. The zero-order valence-electron chi connectivity index (χ0n) is 17.2. The number of aliphatic hydroxyl groups excluding tert-OH is 2. The maximum absolute atomic E-state index is 13.9. The first-order chi connectivity index (χ1) is 16.0. The van der Waals surface area contributed by atoms with E-state index in [1.807, 2.05) is 0 Å². The lowest BCUT2D eigenvalue weighted by Crippen LogP contribution is -2.27. The third-order valence-electron chi connectivity index (χ3n) is 5.06. The normalized spacial score (nSPS) is 11.9. The molecule has 3 heterocycles. The number of benzene rings is 1. The lowest BCUT2D eigenvalue weighted by atomic mass is 10.1. The van der Waals surface area contributed by atoms with Gasteiger partial charge in [0.15, 0.2) is 0 Å². The quantitative estimate of drug-likeness (QED) is 0.382. The largest absolute Gasteiger partial charge is 0.394 e. The van der Waals surface area contributed by atoms with E-state index >= 15 is 0 Å². The molecular weight excluding hydrogens is 449 g/mol. The molecule has 1 atom stereocenters. The molecule has 0 saturated heterocycles. The summed E-state index contributed by atoms with van der Waals surface area (Å²) < 4.78 is 15.2. The predicted octanol–water partition coefficient (Wildman–Crippen LogP) is 3.31. The van der Waals surface area contributed by atoms with Crippen LogP contribution in [0.25, 0.3) is 11.3 Å². The standard InChI is InChI=1S/C23H19ClFN5O3/c24-17-2-1-15(9-18(17)25)21(13-32)30-8-5-14(10-22(30)33)19-4-7-27-23(28-19)29-20-3-6-26-11-16(20)12-31/h1-11,21,31-32H,12-13H2,(H,26,27,28,29)/t21-/m1/s1. The maximum atomic E-state index is 13.9. The molecule has 0 unspecified atom stereocenters. The Morgan fingerprint density at radius 1 is 1.12 bits per heavy atom. The number of pyridine rings is 2. The second-order valence-corrected chi connectivity index (χ2v) is 7.52. The molecule has 3 N–H and O–H groups in total. The summed E-state index contributed by atoms with van der Waals surface area (Å²) in [5, 5.41) is 22.3. The summed E-state index contributed by atoms with van der Waals surface area (Å²) in [4.78, 5) is 25.4. The van der Waals surface area contributed by atoms with Crippen LogP contribution in [0.2, 0.25) is 5.02 Å². The highest BCUT2D eigenvalue weighted by atomic mass is 35.5. The molecular formula is C23H19ClFN5O3. The van der Waals surface area contributed by atoms with Gasteiger partial charge in [-0.05, 0) is 35.9 Å². The van der Waals surface area contributed by atoms with Gasteiger partial charge in [0, 0.05) is 47.7 Å². The molecule has 3 aromatic heterocycles. The average Bonchev–Trinajstić information content (AvgIpc) is 2.83. The first kappa shape index (κ1) is 22.5. The molecule has 33 heavy (non-hydrogen) atoms. The number of rotatable bonds is 7. The summed E-state index contributed by atoms with van der Waals surface area (Å²) in [5.74, 6) is -0.348. The number of nitrogens with zero attached hydrogens (tertiary/aromatic N) is 4. The Kier molecular flexibility index (Phi) is 6.74. The van der Waals surface area contributed by atoms with Crippen LogP contribution >= 0.6 is 11.6 Å². The second kappa shape index (κ2) is 9.86. The summed E-state index contributed by atoms with van der Waals surface area (Å²) in [7, 11) is 0. The Hall–Kier alpha value is -3.66. The van der Waals surface area contributed by atoms with Crippen molar-refractivity contribution in [1.82, 2.24) is 19.5 Å². The van der Waals surface area contributed by atoms with E-state index in [1.165, 1.54) is 35.2 Å². The lowest BCUT2D eigenvalue weighted by Gasteiger charge is -2.18. The molecule has 4 rings (SSSR count). The number of aromatic nitrogens is 4. The molecule has 0 bridgehead atoms. The third kappa shape index (κ3) is 4.90. The van der Waals surface area contributed by atoms with Gasteiger partial charge in [-0.2, -0.15) is 0 Å². The number of nitrogens with one attached hydrogen (secondary N) is 1. The topological polar surface area (TPSA) is 113 Å². The van der Waals surface area contributed by atoms with Crippen molar-refractivity contribution in [2.24, 2.45) is 0 Å². The van der Waals surface area contributed by atoms with Crippen LogP contribution in [0.1, 0.15) is 17.2 Å². The number of anilines is 2. The van der Waals surface area contributed by atoms with Crippen molar-refractivity contribution in [3.05, 3.63) is 99.6 Å². The van der Waals surface area contributed by atoms with E-state index in [4.69, 9.17) is 11.6 Å². The van der Waals surface area contributed by atoms with Crippen molar-refractivity contribution in [2.75, 3.05) is 11.9 Å². The Bertz CT molecular complexity index is 1350. The second-order valence-electron chi connectivity index (χ2n) is 7.11. The number of halogens is 2. The van der Waals surface area contributed by atoms with Gasteiger partial charge in [0.1, 0.15) is 5.82 Å². The SMILES string of the molecule is O=c1cc(-c2ccnc(Nc3ccncc3CO)n2)ccn1[C@H](CO)c1ccc(Cl)c(F)c1. The number of aliphatic hydroxyl groups is 2. The fraction of sp³-hybridized carbons (Fsp3) is 0.130. The van der Waals surface area contributed by atoms with Crippen LogP contribution in [0, 0.1) is 5.82 Å². The molecule has 0 radical (unpaired) electrons. The van der Waals surface area contributed by atoms with Gasteiger partial charge in [-0.3, -0.25) is 9.78 Å². The molecule has 168 valence electrons. The van der Waals surface area contributed by atoms with Crippen molar-refractivity contribution < 1.29 is 14.6 Å². The van der Waals surface area contributed by atoms with Crippen molar-refractivity contribution in [3.8, 4) is 11.3 Å². The van der Waals surface area contributed by atoms with Gasteiger partial charge < -0.3 is 20.1 Å². The molecule has 1 aromatic carbocycles. The zero-order valence-corrected chi connectivity index (χ0v) is 17.9. The van der Waals surface area contributed by atoms with Crippen molar-refractivity contribution in [1.29, 1.82) is 0 Å². The van der Waals surface area contributed by atoms with Gasteiger partial charge in [0.05, 0.1) is 30.0 Å². The van der Waals surface area contributed by atoms with E-state index < -0.39 is 24.0 Å². The molecule has 0 fully saturated rings. The van der Waals surface area contributed by atoms with E-state index in [1.54, 1.807) is 36.7 Å². The number of hydrogen-bond acceptors (Lipinski definition) is 7. The lowest BCUT2D eigenvalue weighted by molar-refractivity contribution is 0.247. The van der Waals surface area contributed by atoms with Crippen LogP contribution in [0.5, 0.6) is 0 Å². The van der Waals surface area contributed by atoms with Crippen LogP contribution in [-0.4, -0.2) is 36.3 Å². The third-order valence-corrected chi connectivity index (χ3v) is 5.36. The van der Waals surface area contributed by atoms with E-state index in [0.29, 0.717) is 28.1 Å². The van der Waals surface area contributed by atoms with Gasteiger partial charge in [-0.25, -0.2) is 14.4 Å². The van der Waals surface area contributed by atoms with E-state index in [2.05, 4.69) is 20.3 Å². The molecule has 0 amide bonds. The minimum atomic E-state index is -0.774. The van der Waals surface area contributed by atoms with Gasteiger partial charge in [-0.1, -0.05) is 17.7 Å². The Labute approximate surface area is 193 Å². The molecule has 0 aliphatic rings. The fourth-order valence-corrected chi connectivity index (χ4v) is 3.47. The number of hydrogen-bond donors (Lipinski definition) is 3. The molecule has 10 heteroatoms. The summed E-state index contributed by atoms with van der Waals surface area (Å²) in [6.07, 6.45) is 6.18. The van der Waals surface area contributed by atoms with Gasteiger partial charge in [-0.15, -0.1) is 0 Å². The minimum absolute atomic E-state index is 0.0378. The first-order valence-corrected chi connectivity index (χ1v) is 10.3. The zero-order chi connectivity index (χ0) is 23.4. The molecule has 0 aliphatic carbocycles. The molecule has 0 aliphatic heterocycles. The molecule has 8 nitrogen and oxygen atoms in total. The van der Waals surface area contributed by atoms with Gasteiger partial charge >= 0.3 is 0 Å². The highest BCUT2D eigenvalue weighted by Gasteiger charge is 2.16. The average molecular weight is 468 g/mol. The molecule has 0 saturated carbocycles. The fourth-order valence-electron chi connectivity index (χ4n) is 3.36. The molecule has 0 spiro atoms. The van der Waals surface area contributed by atoms with Gasteiger partial charge in [0.25, 0.3) is 5.56 Å². The van der Waals surface area contributed by atoms with E-state index in [9.17, 15) is 19.4 Å². The van der Waals surface area contributed by atoms with Crippen molar-refractivity contribution in [2.45, 2.75) is 12.6 Å². The summed E-state index contributed by atoms with van der Waals surface area (Å²) >= 11 is 5.74. The highest BCUT2D eigenvalue weighted by molar-refractivity contribution is 6.30. The van der Waals surface area contributed by atoms with Crippen LogP contribution in [-0.2, 0) is 6.61 Å². The van der Waals surface area contributed by atoms with Crippen molar-refractivity contribution >= 4 is 23.2 Å². The Morgan fingerprint density at radius 2 is 1.97 bits per heavy atom. The van der Waals surface area contributed by atoms with E-state index in [-0.39, 0.29) is 17.6 Å². The summed E-state index contributed by atoms with van der Waals surface area (Å²) in [5.41, 5.74) is 2.25. The van der Waals surface area contributed by atoms with Crippen LogP contribution in [0.4, 0.5) is 16.0 Å². The van der Waals surface area contributed by atoms with Crippen LogP contribution in [0.3, 0.4) is 0 Å². The Morgan fingerprint density at radius 3 is 2.70 bits per heavy atom. The van der Waals surface area contributed by atoms with Crippen molar-refractivity contribution in [3.63, 3.8) is 0 Å². The molecule has 4 aromatic rings. The van der Waals surface area contributed by atoms with Crippen LogP contribution < -0.4 is 10.9 Å². The first-order valence-electron chi connectivity index (χ1n) is 9.92. The monoisotopic (exact) mass is 467 g/mol. The Balaban J connectivity index is 1.63. The summed E-state index contributed by atoms with van der Waals surface area (Å²) in [6.45, 7) is -0.599. The highest BCUT2D eigenvalue weighted by Crippen LogP contribution is 2.24.